The quantitative estimate of drug-likeness (QED) is 0.519. The first-order valence-electron chi connectivity index (χ1n) is 3.15. The molecule has 58 valence electrons. The molecular weight excluding hydrogens is 144 g/mol. The van der Waals surface area contributed by atoms with Gasteiger partial charge >= 0.3 is 0 Å². The minimum absolute atomic E-state index is 0.292. The third-order valence-electron chi connectivity index (χ3n) is 1.18. The third kappa shape index (κ3) is 1.97. The Morgan fingerprint density at radius 2 is 2.45 bits per heavy atom. The number of furan rings is 1. The topological polar surface area (TPSA) is 50.4 Å². The van der Waals surface area contributed by atoms with Crippen LogP contribution in [0.4, 0.5) is 0 Å². The van der Waals surface area contributed by atoms with Crippen LogP contribution < -0.4 is 0 Å². The number of aliphatic hydroxyl groups is 1. The van der Waals surface area contributed by atoms with E-state index < -0.39 is 0 Å². The van der Waals surface area contributed by atoms with Crippen molar-refractivity contribution in [2.75, 3.05) is 0 Å². The van der Waals surface area contributed by atoms with Gasteiger partial charge in [0.2, 0.25) is 0 Å². The second-order valence-electron chi connectivity index (χ2n) is 2.10. The van der Waals surface area contributed by atoms with E-state index in [1.807, 2.05) is 0 Å². The average molecular weight is 152 g/mol. The zero-order valence-corrected chi connectivity index (χ0v) is 6.07. The lowest BCUT2D eigenvalue weighted by Gasteiger charge is -1.89. The van der Waals surface area contributed by atoms with Gasteiger partial charge in [0.1, 0.15) is 5.76 Å². The van der Waals surface area contributed by atoms with Gasteiger partial charge in [-0.2, -0.15) is 0 Å². The Bertz CT molecular complexity index is 270. The lowest BCUT2D eigenvalue weighted by molar-refractivity contribution is -0.115. The maximum absolute atomic E-state index is 10.5. The van der Waals surface area contributed by atoms with Crippen molar-refractivity contribution in [3.63, 3.8) is 0 Å². The molecule has 0 aliphatic heterocycles. The van der Waals surface area contributed by atoms with Gasteiger partial charge in [-0.1, -0.05) is 0 Å². The summed E-state index contributed by atoms with van der Waals surface area (Å²) >= 11 is 0. The van der Waals surface area contributed by atoms with E-state index in [1.54, 1.807) is 12.1 Å². The fourth-order valence-corrected chi connectivity index (χ4v) is 0.610. The second kappa shape index (κ2) is 3.05. The van der Waals surface area contributed by atoms with Crippen molar-refractivity contribution in [2.45, 2.75) is 6.92 Å². The molecule has 0 atom stereocenters. The molecule has 1 aromatic rings. The standard InChI is InChI=1S/C8H8O3/c1-6(9)8(10)5-7-3-2-4-11-7/h2-5,10H,1H3/b8-5-. The Kier molecular flexibility index (Phi) is 2.11. The summed E-state index contributed by atoms with van der Waals surface area (Å²) in [5, 5.41) is 8.95. The van der Waals surface area contributed by atoms with E-state index in [9.17, 15) is 4.79 Å². The summed E-state index contributed by atoms with van der Waals surface area (Å²) in [6, 6.07) is 3.33. The number of ketones is 1. The molecule has 0 aliphatic carbocycles. The van der Waals surface area contributed by atoms with Gasteiger partial charge in [-0.05, 0) is 12.1 Å². The normalized spacial score (nSPS) is 11.5. The number of carbonyl (C=O) groups excluding carboxylic acids is 1. The Labute approximate surface area is 64.0 Å². The molecule has 0 radical (unpaired) electrons. The first-order chi connectivity index (χ1) is 5.20. The summed E-state index contributed by atoms with van der Waals surface area (Å²) in [5.74, 6) is -0.195. The van der Waals surface area contributed by atoms with Gasteiger partial charge in [0.25, 0.3) is 0 Å². The summed E-state index contributed by atoms with van der Waals surface area (Å²) in [6.07, 6.45) is 2.75. The van der Waals surface area contributed by atoms with Crippen molar-refractivity contribution in [3.8, 4) is 0 Å². The van der Waals surface area contributed by atoms with Crippen molar-refractivity contribution >= 4 is 11.9 Å². The predicted octanol–water partition coefficient (Wildman–Crippen LogP) is 1.77. The van der Waals surface area contributed by atoms with Gasteiger partial charge in [-0.15, -0.1) is 0 Å². The van der Waals surface area contributed by atoms with E-state index in [0.717, 1.165) is 0 Å². The van der Waals surface area contributed by atoms with Crippen LogP contribution in [0, 0.1) is 0 Å². The van der Waals surface area contributed by atoms with Crippen LogP contribution in [0.25, 0.3) is 6.08 Å². The molecule has 0 bridgehead atoms. The number of rotatable bonds is 2. The van der Waals surface area contributed by atoms with Crippen molar-refractivity contribution in [1.82, 2.24) is 0 Å². The molecule has 0 aliphatic rings. The fraction of sp³-hybridized carbons (Fsp3) is 0.125. The molecule has 0 saturated heterocycles. The molecule has 0 spiro atoms. The number of hydrogen-bond acceptors (Lipinski definition) is 3. The van der Waals surface area contributed by atoms with E-state index in [0.29, 0.717) is 5.76 Å². The Morgan fingerprint density at radius 1 is 1.73 bits per heavy atom. The zero-order chi connectivity index (χ0) is 8.27. The van der Waals surface area contributed by atoms with Crippen molar-refractivity contribution in [3.05, 3.63) is 29.9 Å². The maximum atomic E-state index is 10.5. The molecular formula is C8H8O3. The van der Waals surface area contributed by atoms with E-state index in [1.165, 1.54) is 19.3 Å². The number of carbonyl (C=O) groups is 1. The fourth-order valence-electron chi connectivity index (χ4n) is 0.610. The lowest BCUT2D eigenvalue weighted by Crippen LogP contribution is -1.93. The minimum Gasteiger partial charge on any atom is -0.504 e. The van der Waals surface area contributed by atoms with Gasteiger partial charge < -0.3 is 9.52 Å². The number of allylic oxidation sites excluding steroid dienone is 1. The highest BCUT2D eigenvalue weighted by atomic mass is 16.3. The third-order valence-corrected chi connectivity index (χ3v) is 1.18. The molecule has 0 unspecified atom stereocenters. The first-order valence-corrected chi connectivity index (χ1v) is 3.15. The molecule has 0 saturated carbocycles. The van der Waals surface area contributed by atoms with Crippen LogP contribution in [0.3, 0.4) is 0 Å². The number of Topliss-reactive ketones (excluding diaryl/α,β-unsaturated/α-hetero) is 1. The monoisotopic (exact) mass is 152 g/mol. The van der Waals surface area contributed by atoms with E-state index in [-0.39, 0.29) is 11.5 Å². The zero-order valence-electron chi connectivity index (χ0n) is 6.07. The van der Waals surface area contributed by atoms with E-state index >= 15 is 0 Å². The van der Waals surface area contributed by atoms with Gasteiger partial charge in [0.05, 0.1) is 6.26 Å². The molecule has 3 heteroatoms. The number of aliphatic hydroxyl groups excluding tert-OH is 1. The second-order valence-corrected chi connectivity index (χ2v) is 2.10. The van der Waals surface area contributed by atoms with Crippen LogP contribution >= 0.6 is 0 Å². The van der Waals surface area contributed by atoms with Gasteiger partial charge in [0, 0.05) is 13.0 Å². The molecule has 0 fully saturated rings. The minimum atomic E-state index is -0.374. The van der Waals surface area contributed by atoms with Crippen LogP contribution in [-0.2, 0) is 4.79 Å². The van der Waals surface area contributed by atoms with Crippen LogP contribution in [-0.4, -0.2) is 10.9 Å². The van der Waals surface area contributed by atoms with Crippen LogP contribution in [0.5, 0.6) is 0 Å². The molecule has 1 heterocycles. The molecule has 0 amide bonds. The molecule has 1 N–H and O–H groups in total. The maximum Gasteiger partial charge on any atom is 0.194 e. The highest BCUT2D eigenvalue weighted by molar-refractivity contribution is 5.94. The Hall–Kier alpha value is -1.51. The van der Waals surface area contributed by atoms with Crippen molar-refractivity contribution in [2.24, 2.45) is 0 Å². The molecule has 3 nitrogen and oxygen atoms in total. The van der Waals surface area contributed by atoms with E-state index in [2.05, 4.69) is 0 Å². The predicted molar refractivity (Wildman–Crippen MR) is 40.0 cm³/mol. The smallest absolute Gasteiger partial charge is 0.194 e. The summed E-state index contributed by atoms with van der Waals surface area (Å²) < 4.78 is 4.87. The Balaban J connectivity index is 2.82. The largest absolute Gasteiger partial charge is 0.504 e. The average Bonchev–Trinajstić information content (AvgIpc) is 2.39. The molecule has 0 aromatic carbocycles. The van der Waals surface area contributed by atoms with Gasteiger partial charge in [-0.3, -0.25) is 4.79 Å². The van der Waals surface area contributed by atoms with Crippen LogP contribution in [0.1, 0.15) is 12.7 Å². The van der Waals surface area contributed by atoms with Crippen molar-refractivity contribution < 1.29 is 14.3 Å². The van der Waals surface area contributed by atoms with Crippen LogP contribution in [0.15, 0.2) is 28.6 Å². The lowest BCUT2D eigenvalue weighted by atomic mass is 10.3. The highest BCUT2D eigenvalue weighted by Crippen LogP contribution is 2.05. The highest BCUT2D eigenvalue weighted by Gasteiger charge is 2.00. The molecule has 1 aromatic heterocycles. The summed E-state index contributed by atoms with van der Waals surface area (Å²) in [4.78, 5) is 10.5. The van der Waals surface area contributed by atoms with Crippen molar-refractivity contribution in [1.29, 1.82) is 0 Å². The summed E-state index contributed by atoms with van der Waals surface area (Å²) in [5.41, 5.74) is 0. The Morgan fingerprint density at radius 3 is 2.91 bits per heavy atom. The number of hydrogen-bond donors (Lipinski definition) is 1. The summed E-state index contributed by atoms with van der Waals surface area (Å²) in [6.45, 7) is 1.29. The van der Waals surface area contributed by atoms with Gasteiger partial charge in [-0.25, -0.2) is 0 Å². The first kappa shape index (κ1) is 7.60. The van der Waals surface area contributed by atoms with Gasteiger partial charge in [0.15, 0.2) is 11.5 Å². The summed E-state index contributed by atoms with van der Waals surface area (Å²) in [7, 11) is 0. The SMILES string of the molecule is CC(=O)/C(O)=C/c1ccco1. The molecule has 1 rings (SSSR count). The van der Waals surface area contributed by atoms with E-state index in [4.69, 9.17) is 9.52 Å². The molecule has 11 heavy (non-hydrogen) atoms. The van der Waals surface area contributed by atoms with Crippen LogP contribution in [0.2, 0.25) is 0 Å².